The molecule has 1 aromatic carbocycles. The normalized spacial score (nSPS) is 13.2. The summed E-state index contributed by atoms with van der Waals surface area (Å²) in [4.78, 5) is 12.8. The van der Waals surface area contributed by atoms with Crippen molar-refractivity contribution in [3.05, 3.63) is 34.9 Å². The van der Waals surface area contributed by atoms with Crippen molar-refractivity contribution in [3.63, 3.8) is 0 Å². The van der Waals surface area contributed by atoms with Gasteiger partial charge in [0.2, 0.25) is 0 Å². The van der Waals surface area contributed by atoms with Crippen LogP contribution in [-0.4, -0.2) is 5.78 Å². The zero-order chi connectivity index (χ0) is 15.9. The summed E-state index contributed by atoms with van der Waals surface area (Å²) in [5.74, 6) is 0.365. The molecule has 1 aromatic rings. The number of Topliss-reactive ketones (excluding diaryl/α,β-unsaturated/α-hetero) is 1. The van der Waals surface area contributed by atoms with Gasteiger partial charge in [0.25, 0.3) is 0 Å². The summed E-state index contributed by atoms with van der Waals surface area (Å²) in [6, 6.07) is 7.36. The summed E-state index contributed by atoms with van der Waals surface area (Å²) in [7, 11) is 0. The van der Waals surface area contributed by atoms with E-state index >= 15 is 0 Å². The Bertz CT molecular complexity index is 445. The minimum Gasteiger partial charge on any atom is -0.294 e. The third-order valence-electron chi connectivity index (χ3n) is 3.74. The SMILES string of the molecule is CCCCCCC(CC(C)(C)C)C(=O)c1cccc(Cl)c1. The Morgan fingerprint density at radius 2 is 1.90 bits per heavy atom. The van der Waals surface area contributed by atoms with Crippen LogP contribution in [0.25, 0.3) is 0 Å². The quantitative estimate of drug-likeness (QED) is 0.393. The van der Waals surface area contributed by atoms with E-state index in [1.807, 2.05) is 18.2 Å². The number of ketones is 1. The molecule has 1 unspecified atom stereocenters. The molecule has 1 nitrogen and oxygen atoms in total. The van der Waals surface area contributed by atoms with E-state index in [0.29, 0.717) is 5.02 Å². The Morgan fingerprint density at radius 3 is 2.48 bits per heavy atom. The van der Waals surface area contributed by atoms with Crippen molar-refractivity contribution in [3.8, 4) is 0 Å². The van der Waals surface area contributed by atoms with Crippen LogP contribution in [0.2, 0.25) is 5.02 Å². The van der Waals surface area contributed by atoms with Crippen LogP contribution >= 0.6 is 11.6 Å². The maximum Gasteiger partial charge on any atom is 0.166 e. The van der Waals surface area contributed by atoms with E-state index in [1.54, 1.807) is 6.07 Å². The zero-order valence-corrected chi connectivity index (χ0v) is 14.7. The minimum atomic E-state index is 0.111. The highest BCUT2D eigenvalue weighted by Gasteiger charge is 2.25. The van der Waals surface area contributed by atoms with E-state index in [2.05, 4.69) is 27.7 Å². The molecule has 1 rings (SSSR count). The number of hydrogen-bond acceptors (Lipinski definition) is 1. The molecule has 0 saturated carbocycles. The number of benzene rings is 1. The molecule has 0 fully saturated rings. The number of carbonyl (C=O) groups is 1. The highest BCUT2D eigenvalue weighted by Crippen LogP contribution is 2.30. The first-order valence-electron chi connectivity index (χ1n) is 8.13. The zero-order valence-electron chi connectivity index (χ0n) is 13.9. The third kappa shape index (κ3) is 7.13. The average molecular weight is 309 g/mol. The molecule has 0 aliphatic carbocycles. The smallest absolute Gasteiger partial charge is 0.166 e. The summed E-state index contributed by atoms with van der Waals surface area (Å²) >= 11 is 6.02. The van der Waals surface area contributed by atoms with Crippen LogP contribution in [0.5, 0.6) is 0 Å². The number of unbranched alkanes of at least 4 members (excludes halogenated alkanes) is 3. The van der Waals surface area contributed by atoms with Crippen molar-refractivity contribution in [2.45, 2.75) is 66.2 Å². The van der Waals surface area contributed by atoms with Gasteiger partial charge in [-0.15, -0.1) is 0 Å². The number of hydrogen-bond donors (Lipinski definition) is 0. The molecule has 2 heteroatoms. The molecule has 118 valence electrons. The Kier molecular flexibility index (Phi) is 7.45. The molecule has 0 aliphatic rings. The van der Waals surface area contributed by atoms with Gasteiger partial charge in [-0.1, -0.05) is 77.1 Å². The van der Waals surface area contributed by atoms with Crippen molar-refractivity contribution in [1.82, 2.24) is 0 Å². The fourth-order valence-electron chi connectivity index (χ4n) is 2.76. The molecule has 0 heterocycles. The van der Waals surface area contributed by atoms with Gasteiger partial charge in [0.1, 0.15) is 0 Å². The van der Waals surface area contributed by atoms with Crippen LogP contribution in [0, 0.1) is 11.3 Å². The predicted octanol–water partition coefficient (Wildman–Crippen LogP) is 6.55. The average Bonchev–Trinajstić information content (AvgIpc) is 2.40. The van der Waals surface area contributed by atoms with Crippen molar-refractivity contribution in [2.24, 2.45) is 11.3 Å². The first-order valence-corrected chi connectivity index (χ1v) is 8.51. The van der Waals surface area contributed by atoms with Gasteiger partial charge in [0.05, 0.1) is 0 Å². The summed E-state index contributed by atoms with van der Waals surface area (Å²) in [5, 5.41) is 0.640. The molecule has 0 spiro atoms. The lowest BCUT2D eigenvalue weighted by Gasteiger charge is -2.25. The van der Waals surface area contributed by atoms with Gasteiger partial charge in [-0.2, -0.15) is 0 Å². The summed E-state index contributed by atoms with van der Waals surface area (Å²) in [5.41, 5.74) is 0.927. The first-order chi connectivity index (χ1) is 9.83. The van der Waals surface area contributed by atoms with Gasteiger partial charge in [0.15, 0.2) is 5.78 Å². The molecule has 0 N–H and O–H groups in total. The summed E-state index contributed by atoms with van der Waals surface area (Å²) in [6.07, 6.45) is 6.77. The Balaban J connectivity index is 2.76. The van der Waals surface area contributed by atoms with Crippen LogP contribution in [0.15, 0.2) is 24.3 Å². The van der Waals surface area contributed by atoms with E-state index in [-0.39, 0.29) is 17.1 Å². The van der Waals surface area contributed by atoms with Crippen LogP contribution < -0.4 is 0 Å². The lowest BCUT2D eigenvalue weighted by atomic mass is 9.79. The lowest BCUT2D eigenvalue weighted by molar-refractivity contribution is 0.0872. The maximum absolute atomic E-state index is 12.8. The van der Waals surface area contributed by atoms with E-state index < -0.39 is 0 Å². The molecule has 0 aliphatic heterocycles. The largest absolute Gasteiger partial charge is 0.294 e. The van der Waals surface area contributed by atoms with Gasteiger partial charge < -0.3 is 0 Å². The number of carbonyl (C=O) groups excluding carboxylic acids is 1. The van der Waals surface area contributed by atoms with E-state index in [4.69, 9.17) is 11.6 Å². The maximum atomic E-state index is 12.8. The van der Waals surface area contributed by atoms with Gasteiger partial charge in [-0.3, -0.25) is 4.79 Å². The lowest BCUT2D eigenvalue weighted by Crippen LogP contribution is -2.21. The van der Waals surface area contributed by atoms with E-state index in [0.717, 1.165) is 24.8 Å². The van der Waals surface area contributed by atoms with E-state index in [1.165, 1.54) is 19.3 Å². The molecular formula is C19H29ClO. The number of halogens is 1. The van der Waals surface area contributed by atoms with Crippen LogP contribution in [-0.2, 0) is 0 Å². The molecule has 0 radical (unpaired) electrons. The first kappa shape index (κ1) is 18.2. The van der Waals surface area contributed by atoms with Crippen molar-refractivity contribution in [1.29, 1.82) is 0 Å². The van der Waals surface area contributed by atoms with Crippen molar-refractivity contribution < 1.29 is 4.79 Å². The highest BCUT2D eigenvalue weighted by molar-refractivity contribution is 6.31. The number of rotatable bonds is 8. The fraction of sp³-hybridized carbons (Fsp3) is 0.632. The Hall–Kier alpha value is -0.820. The van der Waals surface area contributed by atoms with Crippen LogP contribution in [0.4, 0.5) is 0 Å². The molecule has 1 atom stereocenters. The van der Waals surface area contributed by atoms with Gasteiger partial charge in [-0.25, -0.2) is 0 Å². The van der Waals surface area contributed by atoms with E-state index in [9.17, 15) is 4.79 Å². The van der Waals surface area contributed by atoms with Crippen molar-refractivity contribution in [2.75, 3.05) is 0 Å². The molecule has 0 saturated heterocycles. The second-order valence-corrected chi connectivity index (χ2v) is 7.62. The van der Waals surface area contributed by atoms with Crippen molar-refractivity contribution >= 4 is 17.4 Å². The molecule has 0 aromatic heterocycles. The second-order valence-electron chi connectivity index (χ2n) is 7.19. The molecule has 0 amide bonds. The third-order valence-corrected chi connectivity index (χ3v) is 3.98. The highest BCUT2D eigenvalue weighted by atomic mass is 35.5. The Labute approximate surface area is 135 Å². The van der Waals surface area contributed by atoms with Crippen LogP contribution in [0.3, 0.4) is 0 Å². The molecule has 0 bridgehead atoms. The van der Waals surface area contributed by atoms with Gasteiger partial charge in [0, 0.05) is 16.5 Å². The second kappa shape index (κ2) is 8.58. The monoisotopic (exact) mass is 308 g/mol. The summed E-state index contributed by atoms with van der Waals surface area (Å²) < 4.78 is 0. The predicted molar refractivity (Wildman–Crippen MR) is 92.1 cm³/mol. The summed E-state index contributed by atoms with van der Waals surface area (Å²) in [6.45, 7) is 8.83. The Morgan fingerprint density at radius 1 is 1.19 bits per heavy atom. The topological polar surface area (TPSA) is 17.1 Å². The molecule has 21 heavy (non-hydrogen) atoms. The van der Waals surface area contributed by atoms with Gasteiger partial charge in [-0.05, 0) is 30.4 Å². The fourth-order valence-corrected chi connectivity index (χ4v) is 2.95. The van der Waals surface area contributed by atoms with Crippen LogP contribution in [0.1, 0.15) is 76.6 Å². The minimum absolute atomic E-state index is 0.111. The molecular weight excluding hydrogens is 280 g/mol. The standard InChI is InChI=1S/C19H29ClO/c1-5-6-7-8-10-16(14-19(2,3)4)18(21)15-11-9-12-17(20)13-15/h9,11-13,16H,5-8,10,14H2,1-4H3. The van der Waals surface area contributed by atoms with Gasteiger partial charge >= 0.3 is 0 Å².